The van der Waals surface area contributed by atoms with Gasteiger partial charge in [0.2, 0.25) is 5.69 Å². The number of rotatable bonds is 14. The van der Waals surface area contributed by atoms with E-state index in [9.17, 15) is 0 Å². The molecule has 2 heterocycles. The predicted molar refractivity (Wildman–Crippen MR) is 140 cm³/mol. The van der Waals surface area contributed by atoms with Crippen LogP contribution in [0.1, 0.15) is 102 Å². The predicted octanol–water partition coefficient (Wildman–Crippen LogP) is 8.06. The smallest absolute Gasteiger partial charge is 0.205 e. The van der Waals surface area contributed by atoms with Crippen molar-refractivity contribution in [3.05, 3.63) is 59.9 Å². The van der Waals surface area contributed by atoms with E-state index in [-0.39, 0.29) is 0 Å². The Labute approximate surface area is 197 Å². The maximum absolute atomic E-state index is 2.52. The lowest BCUT2D eigenvalue weighted by Crippen LogP contribution is -2.36. The Morgan fingerprint density at radius 2 is 1.38 bits per heavy atom. The van der Waals surface area contributed by atoms with Gasteiger partial charge in [0.1, 0.15) is 6.54 Å². The third kappa shape index (κ3) is 8.81. The molecule has 2 aromatic rings. The van der Waals surface area contributed by atoms with Crippen molar-refractivity contribution in [2.24, 2.45) is 0 Å². The van der Waals surface area contributed by atoms with Gasteiger partial charge in [-0.15, -0.1) is 0 Å². The van der Waals surface area contributed by atoms with Crippen molar-refractivity contribution in [2.45, 2.75) is 96.9 Å². The first-order valence-electron chi connectivity index (χ1n) is 13.4. The summed E-state index contributed by atoms with van der Waals surface area (Å²) in [5, 5.41) is 0. The molecule has 1 saturated heterocycles. The SMILES string of the molecule is CCCCCCCCCCCC[n+]1ccccc1/C=C/c1ccc(N2CCCCC2)cc1. The summed E-state index contributed by atoms with van der Waals surface area (Å²) >= 11 is 0. The number of hydrogen-bond acceptors (Lipinski definition) is 1. The molecule has 3 rings (SSSR count). The number of aryl methyl sites for hydroxylation is 1. The first-order valence-corrected chi connectivity index (χ1v) is 13.4. The molecule has 0 atom stereocenters. The summed E-state index contributed by atoms with van der Waals surface area (Å²) in [6.45, 7) is 5.82. The minimum atomic E-state index is 1.12. The third-order valence-electron chi connectivity index (χ3n) is 6.79. The van der Waals surface area contributed by atoms with Crippen molar-refractivity contribution in [1.82, 2.24) is 0 Å². The molecule has 1 aliphatic rings. The molecule has 32 heavy (non-hydrogen) atoms. The van der Waals surface area contributed by atoms with Crippen molar-refractivity contribution in [3.8, 4) is 0 Å². The van der Waals surface area contributed by atoms with Gasteiger partial charge < -0.3 is 4.90 Å². The second-order valence-electron chi connectivity index (χ2n) is 9.47. The van der Waals surface area contributed by atoms with Crippen LogP contribution in [0.4, 0.5) is 5.69 Å². The Morgan fingerprint density at radius 3 is 2.06 bits per heavy atom. The molecule has 0 aliphatic carbocycles. The van der Waals surface area contributed by atoms with Crippen LogP contribution in [0.25, 0.3) is 12.2 Å². The molecule has 0 saturated carbocycles. The van der Waals surface area contributed by atoms with Gasteiger partial charge in [0.05, 0.1) is 0 Å². The van der Waals surface area contributed by atoms with Gasteiger partial charge in [0.15, 0.2) is 6.20 Å². The lowest BCUT2D eigenvalue weighted by molar-refractivity contribution is -0.699. The summed E-state index contributed by atoms with van der Waals surface area (Å²) in [7, 11) is 0. The normalized spacial score (nSPS) is 14.3. The topological polar surface area (TPSA) is 7.12 Å². The number of anilines is 1. The van der Waals surface area contributed by atoms with Gasteiger partial charge in [-0.3, -0.25) is 0 Å². The number of aromatic nitrogens is 1. The van der Waals surface area contributed by atoms with E-state index in [1.807, 2.05) is 0 Å². The Morgan fingerprint density at radius 1 is 0.719 bits per heavy atom. The lowest BCUT2D eigenvalue weighted by atomic mass is 10.1. The second kappa shape index (κ2) is 14.9. The monoisotopic (exact) mass is 433 g/mol. The summed E-state index contributed by atoms with van der Waals surface area (Å²) < 4.78 is 2.41. The molecule has 0 unspecified atom stereocenters. The van der Waals surface area contributed by atoms with E-state index in [2.05, 4.69) is 77.2 Å². The molecule has 174 valence electrons. The molecule has 0 N–H and O–H groups in total. The minimum Gasteiger partial charge on any atom is -0.372 e. The highest BCUT2D eigenvalue weighted by molar-refractivity contribution is 5.68. The maximum atomic E-state index is 2.52. The first kappa shape index (κ1) is 24.6. The van der Waals surface area contributed by atoms with E-state index < -0.39 is 0 Å². The average Bonchev–Trinajstić information content (AvgIpc) is 2.85. The van der Waals surface area contributed by atoms with Gasteiger partial charge in [-0.05, 0) is 55.5 Å². The van der Waals surface area contributed by atoms with Gasteiger partial charge in [-0.2, -0.15) is 4.57 Å². The quantitative estimate of drug-likeness (QED) is 0.216. The number of nitrogens with zero attached hydrogens (tertiary/aromatic N) is 2. The molecular weight excluding hydrogens is 388 g/mol. The molecule has 0 amide bonds. The molecule has 0 radical (unpaired) electrons. The van der Waals surface area contributed by atoms with Crippen molar-refractivity contribution in [3.63, 3.8) is 0 Å². The van der Waals surface area contributed by atoms with Crippen LogP contribution < -0.4 is 9.47 Å². The fraction of sp³-hybridized carbons (Fsp3) is 0.567. The van der Waals surface area contributed by atoms with Gasteiger partial charge in [-0.25, -0.2) is 0 Å². The molecule has 1 fully saturated rings. The Hall–Kier alpha value is -2.09. The summed E-state index contributed by atoms with van der Waals surface area (Å²) in [6.07, 6.45) is 24.7. The molecule has 0 bridgehead atoms. The van der Waals surface area contributed by atoms with Crippen molar-refractivity contribution < 1.29 is 4.57 Å². The highest BCUT2D eigenvalue weighted by Crippen LogP contribution is 2.21. The van der Waals surface area contributed by atoms with Crippen LogP contribution in [0.15, 0.2) is 48.7 Å². The molecule has 1 aromatic carbocycles. The van der Waals surface area contributed by atoms with E-state index >= 15 is 0 Å². The Balaban J connectivity index is 1.40. The zero-order valence-corrected chi connectivity index (χ0v) is 20.5. The zero-order chi connectivity index (χ0) is 22.3. The number of unbranched alkanes of at least 4 members (excludes halogenated alkanes) is 9. The average molecular weight is 434 g/mol. The van der Waals surface area contributed by atoms with Gasteiger partial charge >= 0.3 is 0 Å². The number of piperidine rings is 1. The van der Waals surface area contributed by atoms with Gasteiger partial charge in [-0.1, -0.05) is 70.4 Å². The number of benzene rings is 1. The van der Waals surface area contributed by atoms with E-state index in [1.54, 1.807) is 0 Å². The summed E-state index contributed by atoms with van der Waals surface area (Å²) in [5.74, 6) is 0. The largest absolute Gasteiger partial charge is 0.372 e. The van der Waals surface area contributed by atoms with Crippen LogP contribution in [0, 0.1) is 0 Å². The highest BCUT2D eigenvalue weighted by atomic mass is 15.1. The number of hydrogen-bond donors (Lipinski definition) is 0. The maximum Gasteiger partial charge on any atom is 0.205 e. The summed E-state index contributed by atoms with van der Waals surface area (Å²) in [5.41, 5.74) is 3.95. The third-order valence-corrected chi connectivity index (χ3v) is 6.79. The zero-order valence-electron chi connectivity index (χ0n) is 20.5. The summed E-state index contributed by atoms with van der Waals surface area (Å²) in [4.78, 5) is 2.52. The molecular formula is C30H45N2+. The molecule has 1 aliphatic heterocycles. The van der Waals surface area contributed by atoms with Crippen LogP contribution in [-0.4, -0.2) is 13.1 Å². The second-order valence-corrected chi connectivity index (χ2v) is 9.47. The fourth-order valence-electron chi connectivity index (χ4n) is 4.74. The fourth-order valence-corrected chi connectivity index (χ4v) is 4.74. The van der Waals surface area contributed by atoms with Crippen molar-refractivity contribution in [1.29, 1.82) is 0 Å². The highest BCUT2D eigenvalue weighted by Gasteiger charge is 2.10. The molecule has 2 nitrogen and oxygen atoms in total. The van der Waals surface area contributed by atoms with Gasteiger partial charge in [0.25, 0.3) is 0 Å². The first-order chi connectivity index (χ1) is 15.9. The van der Waals surface area contributed by atoms with E-state index in [4.69, 9.17) is 0 Å². The van der Waals surface area contributed by atoms with Gasteiger partial charge in [0, 0.05) is 43.4 Å². The van der Waals surface area contributed by atoms with Crippen molar-refractivity contribution >= 4 is 17.8 Å². The van der Waals surface area contributed by atoms with E-state index in [0.717, 1.165) is 6.54 Å². The van der Waals surface area contributed by atoms with Crippen LogP contribution in [0.2, 0.25) is 0 Å². The lowest BCUT2D eigenvalue weighted by Gasteiger charge is -2.28. The van der Waals surface area contributed by atoms with Crippen LogP contribution in [0.3, 0.4) is 0 Å². The van der Waals surface area contributed by atoms with Crippen molar-refractivity contribution in [2.75, 3.05) is 18.0 Å². The molecule has 0 spiro atoms. The minimum absolute atomic E-state index is 1.12. The summed E-state index contributed by atoms with van der Waals surface area (Å²) in [6, 6.07) is 15.6. The molecule has 2 heteroatoms. The number of pyridine rings is 1. The van der Waals surface area contributed by atoms with Crippen LogP contribution in [0.5, 0.6) is 0 Å². The molecule has 1 aromatic heterocycles. The Bertz CT molecular complexity index is 772. The van der Waals surface area contributed by atoms with Crippen LogP contribution in [-0.2, 0) is 6.54 Å². The standard InChI is InChI=1S/C30H45N2/c1-2-3-4-5-6-7-8-9-10-13-24-31-27-16-12-17-29(31)21-18-28-19-22-30(23-20-28)32-25-14-11-15-26-32/h12,16-23,27H,2-11,13-15,24-26H2,1H3/q+1. The van der Waals surface area contributed by atoms with E-state index in [1.165, 1.54) is 114 Å². The van der Waals surface area contributed by atoms with E-state index in [0.29, 0.717) is 0 Å². The Kier molecular flexibility index (Phi) is 11.4. The van der Waals surface area contributed by atoms with Crippen LogP contribution >= 0.6 is 0 Å².